The largest absolute Gasteiger partial charge is 0.347 e. The quantitative estimate of drug-likeness (QED) is 0.815. The van der Waals surface area contributed by atoms with Gasteiger partial charge >= 0.3 is 0 Å². The molecular formula is C17H21N3OS2. The van der Waals surface area contributed by atoms with Gasteiger partial charge in [-0.15, -0.1) is 23.1 Å². The number of amides is 1. The van der Waals surface area contributed by atoms with Gasteiger partial charge in [0.25, 0.3) is 5.91 Å². The monoisotopic (exact) mass is 347 g/mol. The van der Waals surface area contributed by atoms with Gasteiger partial charge in [0.2, 0.25) is 0 Å². The molecule has 6 heteroatoms. The zero-order valence-electron chi connectivity index (χ0n) is 13.2. The molecular weight excluding hydrogens is 326 g/mol. The smallest absolute Gasteiger partial charge is 0.271 e. The van der Waals surface area contributed by atoms with E-state index >= 15 is 0 Å². The standard InChI is InChI=1S/C17H21N3OS2/c1-22-15-5-3-2-4-13(15)10-19-16(21)14-11-23-17(20-14)12-6-8-18-9-7-12/h2-5,11-12,18H,6-10H2,1H3,(H,19,21). The Labute approximate surface area is 145 Å². The van der Waals surface area contributed by atoms with Crippen LogP contribution in [0.1, 0.15) is 39.8 Å². The minimum atomic E-state index is -0.0858. The molecule has 2 N–H and O–H groups in total. The summed E-state index contributed by atoms with van der Waals surface area (Å²) >= 11 is 3.30. The number of benzene rings is 1. The molecule has 2 aromatic rings. The molecule has 1 aliphatic rings. The van der Waals surface area contributed by atoms with Gasteiger partial charge in [0.1, 0.15) is 5.69 Å². The summed E-state index contributed by atoms with van der Waals surface area (Å²) in [5.41, 5.74) is 1.69. The Hall–Kier alpha value is -1.37. The minimum Gasteiger partial charge on any atom is -0.347 e. The van der Waals surface area contributed by atoms with Crippen molar-refractivity contribution in [3.05, 3.63) is 45.9 Å². The van der Waals surface area contributed by atoms with E-state index in [0.717, 1.165) is 36.5 Å². The number of carbonyl (C=O) groups is 1. The summed E-state index contributed by atoms with van der Waals surface area (Å²) in [5, 5.41) is 9.33. The van der Waals surface area contributed by atoms with Crippen LogP contribution in [0.2, 0.25) is 0 Å². The summed E-state index contributed by atoms with van der Waals surface area (Å²) < 4.78 is 0. The summed E-state index contributed by atoms with van der Waals surface area (Å²) in [6.07, 6.45) is 4.26. The number of rotatable bonds is 5. The van der Waals surface area contributed by atoms with Crippen molar-refractivity contribution in [1.29, 1.82) is 0 Å². The molecule has 0 spiro atoms. The van der Waals surface area contributed by atoms with Crippen LogP contribution < -0.4 is 10.6 Å². The van der Waals surface area contributed by atoms with E-state index in [-0.39, 0.29) is 5.91 Å². The van der Waals surface area contributed by atoms with Gasteiger partial charge in [-0.25, -0.2) is 4.98 Å². The third-order valence-corrected chi connectivity index (χ3v) is 5.92. The van der Waals surface area contributed by atoms with Crippen molar-refractivity contribution < 1.29 is 4.79 Å². The summed E-state index contributed by atoms with van der Waals surface area (Å²) in [7, 11) is 0. The van der Waals surface area contributed by atoms with Crippen LogP contribution in [0.15, 0.2) is 34.5 Å². The van der Waals surface area contributed by atoms with Gasteiger partial charge in [-0.1, -0.05) is 18.2 Å². The highest BCUT2D eigenvalue weighted by molar-refractivity contribution is 7.98. The van der Waals surface area contributed by atoms with Crippen LogP contribution in [0.3, 0.4) is 0 Å². The maximum Gasteiger partial charge on any atom is 0.271 e. The number of hydrogen-bond acceptors (Lipinski definition) is 5. The Bertz CT molecular complexity index is 665. The van der Waals surface area contributed by atoms with Gasteiger partial charge in [0.05, 0.1) is 5.01 Å². The SMILES string of the molecule is CSc1ccccc1CNC(=O)c1csc(C2CCNCC2)n1. The zero-order valence-corrected chi connectivity index (χ0v) is 14.8. The lowest BCUT2D eigenvalue weighted by Crippen LogP contribution is -2.27. The molecule has 0 saturated carbocycles. The summed E-state index contributed by atoms with van der Waals surface area (Å²) in [5.74, 6) is 0.414. The van der Waals surface area contributed by atoms with E-state index in [0.29, 0.717) is 18.2 Å². The number of carbonyl (C=O) groups excluding carboxylic acids is 1. The predicted octanol–water partition coefficient (Wildman–Crippen LogP) is 3.26. The molecule has 1 aromatic heterocycles. The van der Waals surface area contributed by atoms with Crippen LogP contribution in [-0.2, 0) is 6.54 Å². The van der Waals surface area contributed by atoms with E-state index in [1.807, 2.05) is 29.8 Å². The lowest BCUT2D eigenvalue weighted by atomic mass is 9.99. The predicted molar refractivity (Wildman–Crippen MR) is 96.4 cm³/mol. The number of nitrogens with zero attached hydrogens (tertiary/aromatic N) is 1. The second-order valence-corrected chi connectivity index (χ2v) is 7.33. The van der Waals surface area contributed by atoms with E-state index in [9.17, 15) is 4.79 Å². The Morgan fingerprint density at radius 2 is 2.17 bits per heavy atom. The normalized spacial score (nSPS) is 15.5. The number of piperidine rings is 1. The van der Waals surface area contributed by atoms with Crippen LogP contribution in [0, 0.1) is 0 Å². The van der Waals surface area contributed by atoms with Crippen LogP contribution >= 0.6 is 23.1 Å². The molecule has 2 heterocycles. The van der Waals surface area contributed by atoms with E-state index in [1.165, 1.54) is 4.90 Å². The Kier molecular flexibility index (Phi) is 5.70. The van der Waals surface area contributed by atoms with Crippen molar-refractivity contribution in [2.45, 2.75) is 30.2 Å². The average molecular weight is 348 g/mol. The Morgan fingerprint density at radius 1 is 1.39 bits per heavy atom. The van der Waals surface area contributed by atoms with Crippen molar-refractivity contribution in [1.82, 2.24) is 15.6 Å². The van der Waals surface area contributed by atoms with Crippen molar-refractivity contribution in [2.24, 2.45) is 0 Å². The van der Waals surface area contributed by atoms with Gasteiger partial charge < -0.3 is 10.6 Å². The molecule has 122 valence electrons. The fourth-order valence-corrected chi connectivity index (χ4v) is 4.35. The summed E-state index contributed by atoms with van der Waals surface area (Å²) in [6.45, 7) is 2.62. The number of nitrogens with one attached hydrogen (secondary N) is 2. The van der Waals surface area contributed by atoms with Gasteiger partial charge in [0, 0.05) is 22.7 Å². The van der Waals surface area contributed by atoms with Crippen LogP contribution in [0.4, 0.5) is 0 Å². The lowest BCUT2D eigenvalue weighted by Gasteiger charge is -2.20. The molecule has 3 rings (SSSR count). The van der Waals surface area contributed by atoms with Gasteiger partial charge in [0.15, 0.2) is 0 Å². The molecule has 0 unspecified atom stereocenters. The van der Waals surface area contributed by atoms with Crippen LogP contribution in [-0.4, -0.2) is 30.2 Å². The zero-order chi connectivity index (χ0) is 16.1. The van der Waals surface area contributed by atoms with Crippen molar-refractivity contribution in [3.8, 4) is 0 Å². The van der Waals surface area contributed by atoms with E-state index in [1.54, 1.807) is 23.1 Å². The lowest BCUT2D eigenvalue weighted by molar-refractivity contribution is 0.0946. The van der Waals surface area contributed by atoms with Crippen LogP contribution in [0.25, 0.3) is 0 Å². The van der Waals surface area contributed by atoms with E-state index in [2.05, 4.69) is 21.7 Å². The molecule has 0 radical (unpaired) electrons. The van der Waals surface area contributed by atoms with Crippen molar-refractivity contribution in [2.75, 3.05) is 19.3 Å². The van der Waals surface area contributed by atoms with Gasteiger partial charge in [-0.2, -0.15) is 0 Å². The highest BCUT2D eigenvalue weighted by Gasteiger charge is 2.20. The topological polar surface area (TPSA) is 54.0 Å². The molecule has 23 heavy (non-hydrogen) atoms. The molecule has 1 amide bonds. The second-order valence-electron chi connectivity index (χ2n) is 5.59. The first kappa shape index (κ1) is 16.5. The highest BCUT2D eigenvalue weighted by Crippen LogP contribution is 2.28. The third kappa shape index (κ3) is 4.13. The second kappa shape index (κ2) is 7.95. The first-order valence-electron chi connectivity index (χ1n) is 7.84. The van der Waals surface area contributed by atoms with Crippen LogP contribution in [0.5, 0.6) is 0 Å². The molecule has 1 saturated heterocycles. The maximum atomic E-state index is 12.3. The van der Waals surface area contributed by atoms with Crippen molar-refractivity contribution in [3.63, 3.8) is 0 Å². The Morgan fingerprint density at radius 3 is 2.96 bits per heavy atom. The van der Waals surface area contributed by atoms with Crippen molar-refractivity contribution >= 4 is 29.0 Å². The fourth-order valence-electron chi connectivity index (χ4n) is 2.76. The number of hydrogen-bond donors (Lipinski definition) is 2. The first-order valence-corrected chi connectivity index (χ1v) is 9.94. The molecule has 4 nitrogen and oxygen atoms in total. The molecule has 1 fully saturated rings. The summed E-state index contributed by atoms with van der Waals surface area (Å²) in [6, 6.07) is 8.14. The maximum absolute atomic E-state index is 12.3. The number of thioether (sulfide) groups is 1. The first-order chi connectivity index (χ1) is 11.3. The molecule has 1 aromatic carbocycles. The minimum absolute atomic E-state index is 0.0858. The average Bonchev–Trinajstić information content (AvgIpc) is 3.11. The Balaban J connectivity index is 1.61. The van der Waals surface area contributed by atoms with E-state index in [4.69, 9.17) is 0 Å². The third-order valence-electron chi connectivity index (χ3n) is 4.07. The fraction of sp³-hybridized carbons (Fsp3) is 0.412. The van der Waals surface area contributed by atoms with Gasteiger partial charge in [-0.3, -0.25) is 4.79 Å². The number of thiazole rings is 1. The summed E-state index contributed by atoms with van der Waals surface area (Å²) in [4.78, 5) is 18.1. The molecule has 0 bridgehead atoms. The molecule has 0 aliphatic carbocycles. The molecule has 1 aliphatic heterocycles. The van der Waals surface area contributed by atoms with E-state index < -0.39 is 0 Å². The molecule has 0 atom stereocenters. The number of aromatic nitrogens is 1. The highest BCUT2D eigenvalue weighted by atomic mass is 32.2. The van der Waals surface area contributed by atoms with Gasteiger partial charge in [-0.05, 0) is 43.8 Å².